The van der Waals surface area contributed by atoms with Gasteiger partial charge < -0.3 is 10.1 Å². The van der Waals surface area contributed by atoms with Crippen molar-refractivity contribution in [1.29, 1.82) is 0 Å². The number of para-hydroxylation sites is 1. The van der Waals surface area contributed by atoms with Crippen molar-refractivity contribution in [2.45, 2.75) is 13.3 Å². The predicted octanol–water partition coefficient (Wildman–Crippen LogP) is 1.96. The molecule has 1 aliphatic rings. The van der Waals surface area contributed by atoms with Crippen LogP contribution in [-0.2, 0) is 14.3 Å². The molecule has 1 amide bonds. The van der Waals surface area contributed by atoms with E-state index in [1.54, 1.807) is 6.07 Å². The quantitative estimate of drug-likeness (QED) is 0.832. The van der Waals surface area contributed by atoms with E-state index < -0.39 is 11.7 Å². The third-order valence-electron chi connectivity index (χ3n) is 2.91. The lowest BCUT2D eigenvalue weighted by Crippen LogP contribution is -2.22. The molecule has 2 atom stereocenters. The van der Waals surface area contributed by atoms with Crippen LogP contribution in [0.2, 0.25) is 0 Å². The number of esters is 1. The van der Waals surface area contributed by atoms with Gasteiger partial charge in [0, 0.05) is 0 Å². The van der Waals surface area contributed by atoms with Crippen LogP contribution in [0.25, 0.3) is 0 Å². The molecular formula is C13H14FNO3. The maximum atomic E-state index is 13.2. The molecule has 0 radical (unpaired) electrons. The molecule has 0 saturated heterocycles. The van der Waals surface area contributed by atoms with Crippen molar-refractivity contribution in [3.63, 3.8) is 0 Å². The Hall–Kier alpha value is -1.91. The second-order valence-corrected chi connectivity index (χ2v) is 4.46. The Morgan fingerprint density at radius 2 is 2.11 bits per heavy atom. The number of benzene rings is 1. The summed E-state index contributed by atoms with van der Waals surface area (Å²) in [6.07, 6.45) is 0.813. The first-order valence-electron chi connectivity index (χ1n) is 5.79. The van der Waals surface area contributed by atoms with Gasteiger partial charge in [0.05, 0.1) is 11.6 Å². The topological polar surface area (TPSA) is 55.4 Å². The molecule has 0 heterocycles. The van der Waals surface area contributed by atoms with E-state index >= 15 is 0 Å². The van der Waals surface area contributed by atoms with Crippen LogP contribution in [0.4, 0.5) is 10.1 Å². The third-order valence-corrected chi connectivity index (χ3v) is 2.91. The van der Waals surface area contributed by atoms with Crippen molar-refractivity contribution in [1.82, 2.24) is 0 Å². The molecule has 4 nitrogen and oxygen atoms in total. The van der Waals surface area contributed by atoms with Crippen LogP contribution < -0.4 is 5.32 Å². The first kappa shape index (κ1) is 12.5. The van der Waals surface area contributed by atoms with Crippen LogP contribution in [0.1, 0.15) is 13.3 Å². The number of hydrogen-bond donors (Lipinski definition) is 1. The van der Waals surface area contributed by atoms with E-state index in [0.29, 0.717) is 5.92 Å². The van der Waals surface area contributed by atoms with E-state index in [4.69, 9.17) is 4.74 Å². The van der Waals surface area contributed by atoms with Gasteiger partial charge in [0.1, 0.15) is 5.82 Å². The Balaban J connectivity index is 1.79. The number of carbonyl (C=O) groups excluding carboxylic acids is 2. The largest absolute Gasteiger partial charge is 0.455 e. The SMILES string of the molecule is C[C@H]1C[C@H]1C(=O)OCC(=O)Nc1ccccc1F. The van der Waals surface area contributed by atoms with Gasteiger partial charge in [-0.15, -0.1) is 0 Å². The summed E-state index contributed by atoms with van der Waals surface area (Å²) >= 11 is 0. The number of hydrogen-bond acceptors (Lipinski definition) is 3. The Labute approximate surface area is 104 Å². The number of halogens is 1. The summed E-state index contributed by atoms with van der Waals surface area (Å²) in [5.74, 6) is -1.15. The lowest BCUT2D eigenvalue weighted by atomic mass is 10.3. The molecule has 1 fully saturated rings. The summed E-state index contributed by atoms with van der Waals surface area (Å²) in [5.41, 5.74) is 0.0818. The molecule has 0 bridgehead atoms. The van der Waals surface area contributed by atoms with Crippen LogP contribution >= 0.6 is 0 Å². The first-order chi connectivity index (χ1) is 8.58. The lowest BCUT2D eigenvalue weighted by molar-refractivity contribution is -0.148. The van der Waals surface area contributed by atoms with Gasteiger partial charge >= 0.3 is 5.97 Å². The fraction of sp³-hybridized carbons (Fsp3) is 0.385. The zero-order valence-electron chi connectivity index (χ0n) is 9.98. The lowest BCUT2D eigenvalue weighted by Gasteiger charge is -2.06. The van der Waals surface area contributed by atoms with Crippen molar-refractivity contribution in [3.8, 4) is 0 Å². The second-order valence-electron chi connectivity index (χ2n) is 4.46. The van der Waals surface area contributed by atoms with Crippen molar-refractivity contribution in [2.75, 3.05) is 11.9 Å². The van der Waals surface area contributed by atoms with Crippen LogP contribution in [0, 0.1) is 17.7 Å². The Bertz CT molecular complexity index is 475. The highest BCUT2D eigenvalue weighted by atomic mass is 19.1. The molecule has 1 aliphatic carbocycles. The molecule has 1 saturated carbocycles. The maximum absolute atomic E-state index is 13.2. The minimum absolute atomic E-state index is 0.0775. The highest BCUT2D eigenvalue weighted by Crippen LogP contribution is 2.38. The van der Waals surface area contributed by atoms with Crippen LogP contribution in [0.3, 0.4) is 0 Å². The van der Waals surface area contributed by atoms with E-state index in [1.165, 1.54) is 18.2 Å². The first-order valence-corrected chi connectivity index (χ1v) is 5.79. The van der Waals surface area contributed by atoms with Gasteiger partial charge in [-0.3, -0.25) is 9.59 Å². The second kappa shape index (κ2) is 5.16. The number of ether oxygens (including phenoxy) is 1. The van der Waals surface area contributed by atoms with E-state index in [-0.39, 0.29) is 24.2 Å². The van der Waals surface area contributed by atoms with Gasteiger partial charge in [-0.05, 0) is 24.5 Å². The average molecular weight is 251 g/mol. The predicted molar refractivity (Wildman–Crippen MR) is 63.3 cm³/mol. The summed E-state index contributed by atoms with van der Waals surface area (Å²) in [5, 5.41) is 2.34. The molecule has 96 valence electrons. The van der Waals surface area contributed by atoms with Gasteiger partial charge in [0.25, 0.3) is 5.91 Å². The van der Waals surface area contributed by atoms with Crippen molar-refractivity contribution in [3.05, 3.63) is 30.1 Å². The molecule has 0 spiro atoms. The highest BCUT2D eigenvalue weighted by Gasteiger charge is 2.40. The summed E-state index contributed by atoms with van der Waals surface area (Å²) < 4.78 is 18.1. The Kier molecular flexibility index (Phi) is 3.60. The Morgan fingerprint density at radius 1 is 1.44 bits per heavy atom. The summed E-state index contributed by atoms with van der Waals surface area (Å²) in [4.78, 5) is 22.8. The van der Waals surface area contributed by atoms with E-state index in [0.717, 1.165) is 6.42 Å². The summed E-state index contributed by atoms with van der Waals surface area (Å²) in [7, 11) is 0. The summed E-state index contributed by atoms with van der Waals surface area (Å²) in [6.45, 7) is 1.57. The average Bonchev–Trinajstić information content (AvgIpc) is 3.06. The standard InChI is InChI=1S/C13H14FNO3/c1-8-6-9(8)13(17)18-7-12(16)15-11-5-3-2-4-10(11)14/h2-5,8-9H,6-7H2,1H3,(H,15,16)/t8-,9+/m0/s1. The Morgan fingerprint density at radius 3 is 2.72 bits per heavy atom. The fourth-order valence-electron chi connectivity index (χ4n) is 1.64. The van der Waals surface area contributed by atoms with Gasteiger partial charge in [0.2, 0.25) is 0 Å². The molecular weight excluding hydrogens is 237 g/mol. The maximum Gasteiger partial charge on any atom is 0.309 e. The molecule has 0 aliphatic heterocycles. The molecule has 1 aromatic rings. The van der Waals surface area contributed by atoms with Gasteiger partial charge in [0.15, 0.2) is 6.61 Å². The third kappa shape index (κ3) is 3.06. The number of carbonyl (C=O) groups is 2. The molecule has 1 N–H and O–H groups in total. The molecule has 5 heteroatoms. The molecule has 18 heavy (non-hydrogen) atoms. The molecule has 0 unspecified atom stereocenters. The minimum Gasteiger partial charge on any atom is -0.455 e. The van der Waals surface area contributed by atoms with E-state index in [1.807, 2.05) is 6.92 Å². The zero-order valence-corrected chi connectivity index (χ0v) is 9.98. The zero-order chi connectivity index (χ0) is 13.1. The number of nitrogens with one attached hydrogen (secondary N) is 1. The van der Waals surface area contributed by atoms with E-state index in [2.05, 4.69) is 5.32 Å². The van der Waals surface area contributed by atoms with Crippen molar-refractivity contribution >= 4 is 17.6 Å². The molecule has 0 aromatic heterocycles. The molecule has 2 rings (SSSR count). The minimum atomic E-state index is -0.540. The molecule has 1 aromatic carbocycles. The number of rotatable bonds is 4. The smallest absolute Gasteiger partial charge is 0.309 e. The normalized spacial score (nSPS) is 21.2. The van der Waals surface area contributed by atoms with Gasteiger partial charge in [-0.2, -0.15) is 0 Å². The van der Waals surface area contributed by atoms with Gasteiger partial charge in [-0.1, -0.05) is 19.1 Å². The van der Waals surface area contributed by atoms with Crippen molar-refractivity contribution in [2.24, 2.45) is 11.8 Å². The van der Waals surface area contributed by atoms with Crippen LogP contribution in [0.15, 0.2) is 24.3 Å². The number of amides is 1. The van der Waals surface area contributed by atoms with Gasteiger partial charge in [-0.25, -0.2) is 4.39 Å². The summed E-state index contributed by atoms with van der Waals surface area (Å²) in [6, 6.07) is 5.82. The van der Waals surface area contributed by atoms with E-state index in [9.17, 15) is 14.0 Å². The highest BCUT2D eigenvalue weighted by molar-refractivity contribution is 5.93. The van der Waals surface area contributed by atoms with Crippen LogP contribution in [-0.4, -0.2) is 18.5 Å². The monoisotopic (exact) mass is 251 g/mol. The van der Waals surface area contributed by atoms with Crippen molar-refractivity contribution < 1.29 is 18.7 Å². The fourth-order valence-corrected chi connectivity index (χ4v) is 1.64. The number of anilines is 1. The van der Waals surface area contributed by atoms with Crippen LogP contribution in [0.5, 0.6) is 0 Å².